The number of methoxy groups -OCH3 is 1. The number of aromatic nitrogens is 4. The highest BCUT2D eigenvalue weighted by Crippen LogP contribution is 2.15. The van der Waals surface area contributed by atoms with Crippen LogP contribution in [0.25, 0.3) is 0 Å². The van der Waals surface area contributed by atoms with E-state index in [1.54, 1.807) is 14.2 Å². The number of nitrogens with one attached hydrogen (secondary N) is 1. The molecule has 0 aromatic carbocycles. The fourth-order valence-electron chi connectivity index (χ4n) is 1.43. The Morgan fingerprint density at radius 1 is 1.53 bits per heavy atom. The zero-order valence-electron chi connectivity index (χ0n) is 9.98. The highest BCUT2D eigenvalue weighted by Gasteiger charge is 2.29. The summed E-state index contributed by atoms with van der Waals surface area (Å²) in [6.07, 6.45) is 0.700. The van der Waals surface area contributed by atoms with Gasteiger partial charge in [-0.15, -0.1) is 10.2 Å². The minimum atomic E-state index is -0.256. The Balaban J connectivity index is 2.69. The molecular formula is C9H19N5O. The normalized spacial score (nSPS) is 14.2. The molecule has 1 aromatic rings. The smallest absolute Gasteiger partial charge is 0.176 e. The lowest BCUT2D eigenvalue weighted by Gasteiger charge is -2.32. The predicted molar refractivity (Wildman–Crippen MR) is 56.4 cm³/mol. The molecular weight excluding hydrogens is 194 g/mol. The highest BCUT2D eigenvalue weighted by molar-refractivity contribution is 4.93. The van der Waals surface area contributed by atoms with Crippen LogP contribution in [0.15, 0.2) is 0 Å². The summed E-state index contributed by atoms with van der Waals surface area (Å²) < 4.78 is 5.42. The van der Waals surface area contributed by atoms with E-state index in [0.717, 1.165) is 5.82 Å². The fourth-order valence-corrected chi connectivity index (χ4v) is 1.43. The van der Waals surface area contributed by atoms with Crippen molar-refractivity contribution in [1.29, 1.82) is 0 Å². The zero-order valence-corrected chi connectivity index (χ0v) is 9.98. The zero-order chi connectivity index (χ0) is 11.5. The van der Waals surface area contributed by atoms with E-state index in [-0.39, 0.29) is 11.6 Å². The van der Waals surface area contributed by atoms with Gasteiger partial charge in [0.05, 0.1) is 12.6 Å². The van der Waals surface area contributed by atoms with Crippen molar-refractivity contribution in [2.45, 2.75) is 31.9 Å². The van der Waals surface area contributed by atoms with E-state index in [1.807, 2.05) is 20.9 Å². The molecule has 0 fully saturated rings. The monoisotopic (exact) mass is 213 g/mol. The molecule has 0 radical (unpaired) electrons. The van der Waals surface area contributed by atoms with E-state index in [9.17, 15) is 0 Å². The Morgan fingerprint density at radius 3 is 2.60 bits per heavy atom. The third kappa shape index (κ3) is 2.97. The average molecular weight is 213 g/mol. The second-order valence-corrected chi connectivity index (χ2v) is 4.05. The molecule has 0 spiro atoms. The molecule has 0 aliphatic rings. The summed E-state index contributed by atoms with van der Waals surface area (Å²) in [5, 5.41) is 15.1. The minimum Gasteiger partial charge on any atom is -0.377 e. The van der Waals surface area contributed by atoms with Gasteiger partial charge in [-0.25, -0.2) is 0 Å². The number of ether oxygens (including phenoxy) is 1. The van der Waals surface area contributed by atoms with E-state index in [2.05, 4.69) is 20.7 Å². The Bertz CT molecular complexity index is 309. The molecule has 0 saturated heterocycles. The molecule has 1 atom stereocenters. The summed E-state index contributed by atoms with van der Waals surface area (Å²) >= 11 is 0. The number of nitrogens with zero attached hydrogens (tertiary/aromatic N) is 4. The van der Waals surface area contributed by atoms with Crippen molar-refractivity contribution in [3.63, 3.8) is 0 Å². The number of hydrogen-bond donors (Lipinski definition) is 1. The SMILES string of the molecule is CNC(Cc1nnn(C)n1)C(C)(C)OC. The fraction of sp³-hybridized carbons (Fsp3) is 0.889. The first-order valence-electron chi connectivity index (χ1n) is 4.95. The molecule has 86 valence electrons. The molecule has 0 bridgehead atoms. The minimum absolute atomic E-state index is 0.159. The molecule has 1 aromatic heterocycles. The summed E-state index contributed by atoms with van der Waals surface area (Å²) in [5.41, 5.74) is -0.256. The maximum atomic E-state index is 5.42. The molecule has 1 unspecified atom stereocenters. The number of likely N-dealkylation sites (N-methyl/N-ethyl adjacent to an activating group) is 1. The lowest BCUT2D eigenvalue weighted by atomic mass is 9.95. The van der Waals surface area contributed by atoms with Crippen molar-refractivity contribution in [2.75, 3.05) is 14.2 Å². The van der Waals surface area contributed by atoms with Crippen LogP contribution in [-0.2, 0) is 18.2 Å². The van der Waals surface area contributed by atoms with Gasteiger partial charge >= 0.3 is 0 Å². The maximum Gasteiger partial charge on any atom is 0.176 e. The molecule has 1 rings (SSSR count). The van der Waals surface area contributed by atoms with Crippen LogP contribution in [0.3, 0.4) is 0 Å². The van der Waals surface area contributed by atoms with E-state index in [4.69, 9.17) is 4.74 Å². The van der Waals surface area contributed by atoms with Crippen molar-refractivity contribution in [1.82, 2.24) is 25.5 Å². The second kappa shape index (κ2) is 4.67. The molecule has 0 aliphatic heterocycles. The Kier molecular flexibility index (Phi) is 3.76. The van der Waals surface area contributed by atoms with Gasteiger partial charge in [-0.05, 0) is 26.1 Å². The number of tetrazole rings is 1. The molecule has 0 aliphatic carbocycles. The van der Waals surface area contributed by atoms with Gasteiger partial charge in [0.1, 0.15) is 0 Å². The van der Waals surface area contributed by atoms with Gasteiger partial charge < -0.3 is 10.1 Å². The van der Waals surface area contributed by atoms with Gasteiger partial charge in [0.2, 0.25) is 0 Å². The average Bonchev–Trinajstić information content (AvgIpc) is 2.60. The maximum absolute atomic E-state index is 5.42. The van der Waals surface area contributed by atoms with E-state index >= 15 is 0 Å². The van der Waals surface area contributed by atoms with Crippen LogP contribution in [0.1, 0.15) is 19.7 Å². The molecule has 1 N–H and O–H groups in total. The van der Waals surface area contributed by atoms with Gasteiger partial charge in [0, 0.05) is 19.6 Å². The van der Waals surface area contributed by atoms with E-state index in [0.29, 0.717) is 6.42 Å². The first-order chi connectivity index (χ1) is 6.99. The Labute approximate surface area is 90.0 Å². The summed E-state index contributed by atoms with van der Waals surface area (Å²) in [5.74, 6) is 0.724. The second-order valence-electron chi connectivity index (χ2n) is 4.05. The van der Waals surface area contributed by atoms with Crippen LogP contribution < -0.4 is 5.32 Å². The largest absolute Gasteiger partial charge is 0.377 e. The molecule has 6 heteroatoms. The van der Waals surface area contributed by atoms with Crippen molar-refractivity contribution >= 4 is 0 Å². The van der Waals surface area contributed by atoms with Crippen LogP contribution in [0.5, 0.6) is 0 Å². The summed E-state index contributed by atoms with van der Waals surface area (Å²) in [6, 6.07) is 0.159. The quantitative estimate of drug-likeness (QED) is 0.731. The van der Waals surface area contributed by atoms with Crippen LogP contribution in [0.2, 0.25) is 0 Å². The van der Waals surface area contributed by atoms with Crippen LogP contribution >= 0.6 is 0 Å². The van der Waals surface area contributed by atoms with Crippen molar-refractivity contribution in [2.24, 2.45) is 7.05 Å². The first kappa shape index (κ1) is 12.1. The summed E-state index contributed by atoms with van der Waals surface area (Å²) in [4.78, 5) is 1.46. The Hall–Kier alpha value is -1.01. The van der Waals surface area contributed by atoms with Crippen LogP contribution in [0.4, 0.5) is 0 Å². The third-order valence-electron chi connectivity index (χ3n) is 2.65. The standard InChI is InChI=1S/C9H19N5O/c1-9(2,15-5)7(10-3)6-8-11-13-14(4)12-8/h7,10H,6H2,1-5H3. The van der Waals surface area contributed by atoms with Gasteiger partial charge in [0.25, 0.3) is 0 Å². The number of rotatable bonds is 5. The summed E-state index contributed by atoms with van der Waals surface area (Å²) in [6.45, 7) is 4.06. The Morgan fingerprint density at radius 2 is 2.20 bits per heavy atom. The van der Waals surface area contributed by atoms with Crippen LogP contribution in [-0.4, -0.2) is 46.0 Å². The first-order valence-corrected chi connectivity index (χ1v) is 4.95. The van der Waals surface area contributed by atoms with Crippen molar-refractivity contribution < 1.29 is 4.74 Å². The molecule has 1 heterocycles. The van der Waals surface area contributed by atoms with E-state index < -0.39 is 0 Å². The topological polar surface area (TPSA) is 64.9 Å². The van der Waals surface area contributed by atoms with Gasteiger partial charge in [-0.2, -0.15) is 4.80 Å². The molecule has 6 nitrogen and oxygen atoms in total. The van der Waals surface area contributed by atoms with Gasteiger partial charge in [-0.3, -0.25) is 0 Å². The molecule has 15 heavy (non-hydrogen) atoms. The lowest BCUT2D eigenvalue weighted by Crippen LogP contribution is -2.48. The van der Waals surface area contributed by atoms with Crippen LogP contribution in [0, 0.1) is 0 Å². The highest BCUT2D eigenvalue weighted by atomic mass is 16.5. The van der Waals surface area contributed by atoms with E-state index in [1.165, 1.54) is 4.80 Å². The van der Waals surface area contributed by atoms with Gasteiger partial charge in [-0.1, -0.05) is 0 Å². The predicted octanol–water partition coefficient (Wildman–Crippen LogP) is -0.234. The summed E-state index contributed by atoms with van der Waals surface area (Å²) in [7, 11) is 5.36. The number of aryl methyl sites for hydroxylation is 1. The van der Waals surface area contributed by atoms with Crippen molar-refractivity contribution in [3.05, 3.63) is 5.82 Å². The molecule has 0 saturated carbocycles. The molecule has 0 amide bonds. The van der Waals surface area contributed by atoms with Crippen molar-refractivity contribution in [3.8, 4) is 0 Å². The number of hydrogen-bond acceptors (Lipinski definition) is 5. The van der Waals surface area contributed by atoms with Gasteiger partial charge in [0.15, 0.2) is 5.82 Å². The third-order valence-corrected chi connectivity index (χ3v) is 2.65. The lowest BCUT2D eigenvalue weighted by molar-refractivity contribution is -0.00849.